The van der Waals surface area contributed by atoms with Crippen molar-refractivity contribution in [3.8, 4) is 0 Å². The highest BCUT2D eigenvalue weighted by Crippen LogP contribution is 2.24. The van der Waals surface area contributed by atoms with Crippen LogP contribution in [0.5, 0.6) is 0 Å². The monoisotopic (exact) mass is 138 g/mol. The average molecular weight is 138 g/mol. The number of thioether (sulfide) groups is 1. The Morgan fingerprint density at radius 2 is 2.67 bits per heavy atom. The lowest BCUT2D eigenvalue weighted by Crippen LogP contribution is -2.27. The van der Waals surface area contributed by atoms with Gasteiger partial charge in [0.25, 0.3) is 0 Å². The first-order valence-corrected chi connectivity index (χ1v) is 4.13. The van der Waals surface area contributed by atoms with Gasteiger partial charge in [0.2, 0.25) is 0 Å². The van der Waals surface area contributed by atoms with Crippen LogP contribution < -0.4 is 5.32 Å². The van der Waals surface area contributed by atoms with E-state index in [0.29, 0.717) is 11.3 Å². The number of hydrogen-bond acceptors (Lipinski definition) is 2. The lowest BCUT2D eigenvalue weighted by molar-refractivity contribution is 0.703. The molecule has 1 nitrogen and oxygen atoms in total. The normalized spacial score (nSPS) is 39.1. The second-order valence-electron chi connectivity index (χ2n) is 2.20. The molecule has 0 saturated carbocycles. The molecule has 0 bridgehead atoms. The van der Waals surface area contributed by atoms with Gasteiger partial charge in [-0.3, -0.25) is 0 Å². The molecule has 0 aromatic carbocycles. The molecule has 47 valence electrons. The summed E-state index contributed by atoms with van der Waals surface area (Å²) >= 11 is 1.95. The van der Waals surface area contributed by atoms with Gasteiger partial charge in [0, 0.05) is 17.2 Å². The van der Waals surface area contributed by atoms with Crippen molar-refractivity contribution in [3.05, 3.63) is 24.3 Å². The molecule has 1 radical (unpaired) electrons. The van der Waals surface area contributed by atoms with E-state index in [1.165, 1.54) is 0 Å². The second-order valence-corrected chi connectivity index (χ2v) is 3.36. The van der Waals surface area contributed by atoms with Gasteiger partial charge < -0.3 is 5.32 Å². The highest BCUT2D eigenvalue weighted by Gasteiger charge is 2.23. The minimum absolute atomic E-state index is 0.580. The molecule has 1 saturated heterocycles. The molecule has 1 N–H and O–H groups in total. The van der Waals surface area contributed by atoms with Crippen LogP contribution >= 0.6 is 11.8 Å². The van der Waals surface area contributed by atoms with E-state index in [-0.39, 0.29) is 0 Å². The van der Waals surface area contributed by atoms with Gasteiger partial charge in [0.15, 0.2) is 0 Å². The highest BCUT2D eigenvalue weighted by atomic mass is 32.2. The minimum atomic E-state index is 0.580. The number of hydrogen-bond donors (Lipinski definition) is 1. The summed E-state index contributed by atoms with van der Waals surface area (Å²) in [4.78, 5) is 0. The van der Waals surface area contributed by atoms with Crippen LogP contribution in [0.3, 0.4) is 0 Å². The summed E-state index contributed by atoms with van der Waals surface area (Å²) in [5, 5.41) is 4.01. The molecule has 2 atom stereocenters. The molecule has 2 rings (SSSR count). The van der Waals surface area contributed by atoms with E-state index in [1.807, 2.05) is 17.8 Å². The lowest BCUT2D eigenvalue weighted by atomic mass is 10.1. The Morgan fingerprint density at radius 3 is 3.56 bits per heavy atom. The SMILES string of the molecule is [C]1=CC2SCNC2C=C1. The Hall–Kier alpha value is -0.210. The summed E-state index contributed by atoms with van der Waals surface area (Å²) in [6.45, 7) is 0. The van der Waals surface area contributed by atoms with Gasteiger partial charge in [0.05, 0.1) is 0 Å². The maximum atomic E-state index is 3.36. The first-order valence-electron chi connectivity index (χ1n) is 3.08. The van der Waals surface area contributed by atoms with Crippen LogP contribution in [0.1, 0.15) is 0 Å². The quantitative estimate of drug-likeness (QED) is 0.535. The molecule has 1 aliphatic carbocycles. The zero-order valence-electron chi connectivity index (χ0n) is 5.00. The van der Waals surface area contributed by atoms with Gasteiger partial charge in [-0.1, -0.05) is 18.2 Å². The van der Waals surface area contributed by atoms with E-state index in [1.54, 1.807) is 0 Å². The lowest BCUT2D eigenvalue weighted by Gasteiger charge is -2.12. The van der Waals surface area contributed by atoms with E-state index >= 15 is 0 Å². The van der Waals surface area contributed by atoms with Crippen molar-refractivity contribution in [2.75, 3.05) is 5.88 Å². The van der Waals surface area contributed by atoms with Gasteiger partial charge in [-0.2, -0.15) is 0 Å². The van der Waals surface area contributed by atoms with Gasteiger partial charge in [-0.05, 0) is 6.08 Å². The summed E-state index contributed by atoms with van der Waals surface area (Å²) in [6, 6.07) is 0.580. The van der Waals surface area contributed by atoms with Crippen molar-refractivity contribution in [2.24, 2.45) is 0 Å². The Labute approximate surface area is 59.2 Å². The highest BCUT2D eigenvalue weighted by molar-refractivity contribution is 8.00. The Balaban J connectivity index is 2.18. The van der Waals surface area contributed by atoms with E-state index in [9.17, 15) is 0 Å². The fourth-order valence-electron chi connectivity index (χ4n) is 1.10. The largest absolute Gasteiger partial charge is 0.300 e. The molecule has 1 fully saturated rings. The maximum Gasteiger partial charge on any atom is 0.0438 e. The topological polar surface area (TPSA) is 12.0 Å². The third-order valence-electron chi connectivity index (χ3n) is 1.61. The molecule has 0 aromatic heterocycles. The number of fused-ring (bicyclic) bond motifs is 1. The summed E-state index contributed by atoms with van der Waals surface area (Å²) in [5.41, 5.74) is 0. The molecule has 0 aromatic rings. The first-order chi connectivity index (χ1) is 4.47. The predicted molar refractivity (Wildman–Crippen MR) is 40.1 cm³/mol. The molecule has 9 heavy (non-hydrogen) atoms. The van der Waals surface area contributed by atoms with Crippen molar-refractivity contribution in [3.63, 3.8) is 0 Å². The van der Waals surface area contributed by atoms with Gasteiger partial charge in [-0.15, -0.1) is 11.8 Å². The summed E-state index contributed by atoms with van der Waals surface area (Å²) in [7, 11) is 0. The van der Waals surface area contributed by atoms with Crippen molar-refractivity contribution < 1.29 is 0 Å². The predicted octanol–water partition coefficient (Wildman–Crippen LogP) is 0.947. The van der Waals surface area contributed by atoms with E-state index in [2.05, 4.69) is 23.5 Å². The third kappa shape index (κ3) is 0.926. The first kappa shape index (κ1) is 5.57. The minimum Gasteiger partial charge on any atom is -0.300 e. The molecule has 0 amide bonds. The molecule has 0 spiro atoms. The standard InChI is InChI=1S/C7H8NS/c1-2-4-7-6(3-1)8-5-9-7/h1,3-4,6-8H,5H2. The summed E-state index contributed by atoms with van der Waals surface area (Å²) < 4.78 is 0. The molecular formula is C7H8NS. The maximum absolute atomic E-state index is 3.36. The molecule has 2 aliphatic rings. The summed E-state index contributed by atoms with van der Waals surface area (Å²) in [6.07, 6.45) is 9.38. The average Bonchev–Trinajstić information content (AvgIpc) is 2.33. The van der Waals surface area contributed by atoms with Crippen LogP contribution in [-0.4, -0.2) is 17.2 Å². The van der Waals surface area contributed by atoms with Gasteiger partial charge in [0.1, 0.15) is 0 Å². The number of allylic oxidation sites excluding steroid dienone is 2. The fourth-order valence-corrected chi connectivity index (χ4v) is 2.15. The van der Waals surface area contributed by atoms with Crippen molar-refractivity contribution >= 4 is 11.8 Å². The van der Waals surface area contributed by atoms with Crippen molar-refractivity contribution in [2.45, 2.75) is 11.3 Å². The van der Waals surface area contributed by atoms with Crippen LogP contribution in [0.15, 0.2) is 18.2 Å². The number of nitrogens with one attached hydrogen (secondary N) is 1. The van der Waals surface area contributed by atoms with Crippen molar-refractivity contribution in [1.29, 1.82) is 0 Å². The van der Waals surface area contributed by atoms with Crippen LogP contribution in [0.2, 0.25) is 0 Å². The van der Waals surface area contributed by atoms with Gasteiger partial charge >= 0.3 is 0 Å². The van der Waals surface area contributed by atoms with Crippen molar-refractivity contribution in [1.82, 2.24) is 5.32 Å². The van der Waals surface area contributed by atoms with Crippen LogP contribution in [0.25, 0.3) is 0 Å². The molecule has 2 unspecified atom stereocenters. The molecule has 1 heterocycles. The molecular weight excluding hydrogens is 130 g/mol. The second kappa shape index (κ2) is 2.20. The van der Waals surface area contributed by atoms with E-state index in [0.717, 1.165) is 5.88 Å². The van der Waals surface area contributed by atoms with E-state index in [4.69, 9.17) is 0 Å². The third-order valence-corrected chi connectivity index (χ3v) is 2.76. The van der Waals surface area contributed by atoms with Crippen LogP contribution in [0, 0.1) is 6.08 Å². The zero-order valence-corrected chi connectivity index (χ0v) is 5.82. The molecule has 1 aliphatic heterocycles. The Bertz CT molecular complexity index is 144. The number of rotatable bonds is 0. The van der Waals surface area contributed by atoms with E-state index < -0.39 is 0 Å². The summed E-state index contributed by atoms with van der Waals surface area (Å²) in [5.74, 6) is 1.08. The fraction of sp³-hybridized carbons (Fsp3) is 0.429. The zero-order chi connectivity index (χ0) is 6.10. The van der Waals surface area contributed by atoms with Crippen LogP contribution in [-0.2, 0) is 0 Å². The smallest absolute Gasteiger partial charge is 0.0438 e. The Kier molecular flexibility index (Phi) is 1.36. The van der Waals surface area contributed by atoms with Gasteiger partial charge in [-0.25, -0.2) is 0 Å². The Morgan fingerprint density at radius 1 is 1.67 bits per heavy atom. The van der Waals surface area contributed by atoms with Crippen LogP contribution in [0.4, 0.5) is 0 Å². The molecule has 2 heteroatoms.